The van der Waals surface area contributed by atoms with Crippen LogP contribution in [0.15, 0.2) is 48.5 Å². The van der Waals surface area contributed by atoms with Crippen LogP contribution in [0.5, 0.6) is 0 Å². The highest BCUT2D eigenvalue weighted by Gasteiger charge is 2.42. The second-order valence-corrected chi connectivity index (χ2v) is 10.7. The Bertz CT molecular complexity index is 892. The van der Waals surface area contributed by atoms with Crippen molar-refractivity contribution in [1.82, 2.24) is 0 Å². The van der Waals surface area contributed by atoms with Gasteiger partial charge in [0.25, 0.3) is 0 Å². The van der Waals surface area contributed by atoms with E-state index >= 15 is 0 Å². The molecule has 6 rings (SSSR count). The lowest BCUT2D eigenvalue weighted by molar-refractivity contribution is -0.179. The van der Waals surface area contributed by atoms with Crippen molar-refractivity contribution in [3.8, 4) is 0 Å². The molecule has 0 bridgehead atoms. The average molecular weight is 479 g/mol. The van der Waals surface area contributed by atoms with Crippen molar-refractivity contribution in [1.29, 1.82) is 0 Å². The fourth-order valence-corrected chi connectivity index (χ4v) is 6.71. The van der Waals surface area contributed by atoms with E-state index in [0.29, 0.717) is 25.0 Å². The fraction of sp³-hybridized carbons (Fsp3) is 0.600. The van der Waals surface area contributed by atoms with E-state index in [0.717, 1.165) is 77.8 Å². The Balaban J connectivity index is 1.07. The molecule has 4 aliphatic rings. The van der Waals surface area contributed by atoms with Crippen LogP contribution in [-0.2, 0) is 36.9 Å². The molecular weight excluding hydrogens is 440 g/mol. The molecule has 0 atom stereocenters. The van der Waals surface area contributed by atoms with Crippen molar-refractivity contribution in [2.24, 2.45) is 0 Å². The quantitative estimate of drug-likeness (QED) is 0.494. The van der Waals surface area contributed by atoms with Gasteiger partial charge in [0.2, 0.25) is 0 Å². The molecule has 2 aliphatic heterocycles. The Morgan fingerprint density at radius 1 is 0.571 bits per heavy atom. The maximum absolute atomic E-state index is 6.36. The van der Waals surface area contributed by atoms with Crippen LogP contribution in [0.1, 0.15) is 85.5 Å². The molecule has 4 fully saturated rings. The van der Waals surface area contributed by atoms with Crippen LogP contribution < -0.4 is 0 Å². The number of rotatable bonds is 6. The molecule has 188 valence electrons. The van der Waals surface area contributed by atoms with Crippen LogP contribution in [0.25, 0.3) is 0 Å². The zero-order valence-corrected chi connectivity index (χ0v) is 20.7. The van der Waals surface area contributed by atoms with Gasteiger partial charge in [-0.25, -0.2) is 0 Å². The van der Waals surface area contributed by atoms with Crippen molar-refractivity contribution in [3.05, 3.63) is 70.8 Å². The van der Waals surface area contributed by atoms with Crippen molar-refractivity contribution in [2.45, 2.75) is 88.0 Å². The van der Waals surface area contributed by atoms with Gasteiger partial charge in [-0.05, 0) is 59.8 Å². The van der Waals surface area contributed by atoms with Gasteiger partial charge in [-0.15, -0.1) is 0 Å². The minimum atomic E-state index is -0.305. The second-order valence-electron chi connectivity index (χ2n) is 10.7. The lowest BCUT2D eigenvalue weighted by Crippen LogP contribution is -2.34. The highest BCUT2D eigenvalue weighted by Crippen LogP contribution is 2.44. The standard InChI is InChI=1S/C30H38O5/c1-3-7-27(23-9-13-29(14-10-23)32-17-18-33-29)25(5-1)21-31-22-26-6-2-4-8-28(26)24-11-15-30(16-12-24)34-19-20-35-30/h1-8,23-24H,9-22H2. The molecule has 5 nitrogen and oxygen atoms in total. The molecule has 0 aromatic heterocycles. The van der Waals surface area contributed by atoms with Crippen LogP contribution in [0.4, 0.5) is 0 Å². The number of hydrogen-bond acceptors (Lipinski definition) is 5. The van der Waals surface area contributed by atoms with E-state index in [1.165, 1.54) is 22.3 Å². The van der Waals surface area contributed by atoms with Crippen LogP contribution >= 0.6 is 0 Å². The summed E-state index contributed by atoms with van der Waals surface area (Å²) >= 11 is 0. The zero-order chi connectivity index (χ0) is 23.6. The van der Waals surface area contributed by atoms with E-state index < -0.39 is 0 Å². The first-order valence-corrected chi connectivity index (χ1v) is 13.5. The summed E-state index contributed by atoms with van der Waals surface area (Å²) in [6, 6.07) is 17.6. The molecule has 0 radical (unpaired) electrons. The summed E-state index contributed by atoms with van der Waals surface area (Å²) in [7, 11) is 0. The Labute approximate surface area is 209 Å². The minimum absolute atomic E-state index is 0.305. The molecule has 2 aromatic rings. The molecule has 2 aliphatic carbocycles. The Kier molecular flexibility index (Phi) is 6.96. The first-order chi connectivity index (χ1) is 17.2. The number of benzene rings is 2. The Morgan fingerprint density at radius 2 is 0.943 bits per heavy atom. The summed E-state index contributed by atoms with van der Waals surface area (Å²) in [4.78, 5) is 0. The zero-order valence-electron chi connectivity index (χ0n) is 20.7. The summed E-state index contributed by atoms with van der Waals surface area (Å²) in [6.07, 6.45) is 8.37. The van der Waals surface area contributed by atoms with Crippen LogP contribution in [0.2, 0.25) is 0 Å². The lowest BCUT2D eigenvalue weighted by Gasteiger charge is -2.36. The highest BCUT2D eigenvalue weighted by molar-refractivity contribution is 5.32. The van der Waals surface area contributed by atoms with Gasteiger partial charge in [-0.2, -0.15) is 0 Å². The smallest absolute Gasteiger partial charge is 0.168 e. The highest BCUT2D eigenvalue weighted by atomic mass is 16.7. The van der Waals surface area contributed by atoms with E-state index in [1.807, 2.05) is 0 Å². The summed E-state index contributed by atoms with van der Waals surface area (Å²) in [5.74, 6) is 0.492. The van der Waals surface area contributed by atoms with Crippen LogP contribution in [0, 0.1) is 0 Å². The molecule has 5 heteroatoms. The van der Waals surface area contributed by atoms with E-state index in [9.17, 15) is 0 Å². The molecule has 2 spiro atoms. The molecule has 0 unspecified atom stereocenters. The largest absolute Gasteiger partial charge is 0.372 e. The van der Waals surface area contributed by atoms with Crippen molar-refractivity contribution in [2.75, 3.05) is 26.4 Å². The van der Waals surface area contributed by atoms with Gasteiger partial charge in [0.05, 0.1) is 39.6 Å². The summed E-state index contributed by atoms with van der Waals surface area (Å²) < 4.78 is 30.1. The molecule has 0 amide bonds. The number of ether oxygens (including phenoxy) is 5. The third-order valence-electron chi connectivity index (χ3n) is 8.63. The molecule has 2 saturated carbocycles. The number of hydrogen-bond donors (Lipinski definition) is 0. The predicted molar refractivity (Wildman–Crippen MR) is 133 cm³/mol. The first kappa shape index (κ1) is 23.6. The third-order valence-corrected chi connectivity index (χ3v) is 8.63. The fourth-order valence-electron chi connectivity index (χ4n) is 6.71. The van der Waals surface area contributed by atoms with Gasteiger partial charge in [0, 0.05) is 25.7 Å². The van der Waals surface area contributed by atoms with Crippen molar-refractivity contribution in [3.63, 3.8) is 0 Å². The van der Waals surface area contributed by atoms with E-state index in [4.69, 9.17) is 23.7 Å². The molecule has 2 saturated heterocycles. The topological polar surface area (TPSA) is 46.2 Å². The van der Waals surface area contributed by atoms with Crippen LogP contribution in [-0.4, -0.2) is 38.0 Å². The summed E-state index contributed by atoms with van der Waals surface area (Å²) in [6.45, 7) is 4.24. The minimum Gasteiger partial charge on any atom is -0.372 e. The van der Waals surface area contributed by atoms with Gasteiger partial charge >= 0.3 is 0 Å². The van der Waals surface area contributed by atoms with Gasteiger partial charge in [-0.3, -0.25) is 0 Å². The van der Waals surface area contributed by atoms with Crippen molar-refractivity contribution < 1.29 is 23.7 Å². The molecule has 35 heavy (non-hydrogen) atoms. The van der Waals surface area contributed by atoms with Gasteiger partial charge in [0.15, 0.2) is 11.6 Å². The van der Waals surface area contributed by atoms with E-state index in [1.54, 1.807) is 0 Å². The van der Waals surface area contributed by atoms with Gasteiger partial charge < -0.3 is 23.7 Å². The average Bonchev–Trinajstić information content (AvgIpc) is 3.56. The maximum Gasteiger partial charge on any atom is 0.168 e. The third kappa shape index (κ3) is 5.07. The summed E-state index contributed by atoms with van der Waals surface area (Å²) in [5.41, 5.74) is 5.49. The van der Waals surface area contributed by atoms with E-state index in [-0.39, 0.29) is 11.6 Å². The van der Waals surface area contributed by atoms with E-state index in [2.05, 4.69) is 48.5 Å². The lowest BCUT2D eigenvalue weighted by atomic mass is 9.79. The van der Waals surface area contributed by atoms with Gasteiger partial charge in [-0.1, -0.05) is 48.5 Å². The molecule has 0 N–H and O–H groups in total. The Hall–Kier alpha value is -1.76. The molecular formula is C30H38O5. The monoisotopic (exact) mass is 478 g/mol. The molecule has 2 heterocycles. The SMILES string of the molecule is c1ccc(C2CCC3(CC2)OCCO3)c(COCc2ccccc2C2CCC3(CC2)OCCO3)c1. The summed E-state index contributed by atoms with van der Waals surface area (Å²) in [5, 5.41) is 0. The maximum atomic E-state index is 6.36. The van der Waals surface area contributed by atoms with Gasteiger partial charge in [0.1, 0.15) is 0 Å². The first-order valence-electron chi connectivity index (χ1n) is 13.5. The Morgan fingerprint density at radius 3 is 1.34 bits per heavy atom. The normalized spacial score (nSPS) is 26.0. The second kappa shape index (κ2) is 10.3. The molecule has 2 aromatic carbocycles. The van der Waals surface area contributed by atoms with Crippen molar-refractivity contribution >= 4 is 0 Å². The van der Waals surface area contributed by atoms with Crippen LogP contribution in [0.3, 0.4) is 0 Å². The predicted octanol–water partition coefficient (Wildman–Crippen LogP) is 6.20.